The summed E-state index contributed by atoms with van der Waals surface area (Å²) in [6, 6.07) is 6.42. The van der Waals surface area contributed by atoms with E-state index < -0.39 is 17.5 Å². The first-order chi connectivity index (χ1) is 12.9. The van der Waals surface area contributed by atoms with E-state index in [4.69, 9.17) is 11.6 Å². The van der Waals surface area contributed by atoms with E-state index in [1.807, 2.05) is 6.92 Å². The lowest BCUT2D eigenvalue weighted by Crippen LogP contribution is -2.48. The van der Waals surface area contributed by atoms with Crippen LogP contribution < -0.4 is 10.6 Å². The Labute approximate surface area is 164 Å². The second-order valence-electron chi connectivity index (χ2n) is 7.52. The molecule has 3 atom stereocenters. The topological polar surface area (TPSA) is 78.5 Å². The second-order valence-corrected chi connectivity index (χ2v) is 7.96. The van der Waals surface area contributed by atoms with Crippen LogP contribution in [0.25, 0.3) is 0 Å². The van der Waals surface area contributed by atoms with Gasteiger partial charge in [0.2, 0.25) is 5.91 Å². The van der Waals surface area contributed by atoms with Crippen LogP contribution >= 0.6 is 11.6 Å². The molecule has 2 fully saturated rings. The van der Waals surface area contributed by atoms with Crippen LogP contribution in [0.2, 0.25) is 5.02 Å². The van der Waals surface area contributed by atoms with Crippen LogP contribution in [0, 0.1) is 5.92 Å². The summed E-state index contributed by atoms with van der Waals surface area (Å²) in [5.41, 5.74) is -0.489. The molecule has 7 heteroatoms. The molecule has 3 rings (SSSR count). The van der Waals surface area contributed by atoms with Crippen LogP contribution in [0.1, 0.15) is 51.5 Å². The van der Waals surface area contributed by atoms with Gasteiger partial charge >= 0.3 is 6.03 Å². The largest absolute Gasteiger partial charge is 0.352 e. The maximum atomic E-state index is 13.1. The van der Waals surface area contributed by atoms with E-state index in [0.717, 1.165) is 24.2 Å². The van der Waals surface area contributed by atoms with Gasteiger partial charge in [-0.15, -0.1) is 0 Å². The molecule has 0 radical (unpaired) electrons. The third-order valence-corrected chi connectivity index (χ3v) is 6.05. The van der Waals surface area contributed by atoms with E-state index in [9.17, 15) is 14.4 Å². The maximum Gasteiger partial charge on any atom is 0.325 e. The fourth-order valence-corrected chi connectivity index (χ4v) is 4.20. The first-order valence-corrected chi connectivity index (χ1v) is 9.94. The summed E-state index contributed by atoms with van der Waals surface area (Å²) in [5.74, 6) is -0.279. The lowest BCUT2D eigenvalue weighted by Gasteiger charge is -2.30. The molecule has 0 unspecified atom stereocenters. The van der Waals surface area contributed by atoms with Crippen molar-refractivity contribution in [2.75, 3.05) is 6.54 Å². The second kappa shape index (κ2) is 7.89. The highest BCUT2D eigenvalue weighted by atomic mass is 35.5. The summed E-state index contributed by atoms with van der Waals surface area (Å²) >= 11 is 5.94. The van der Waals surface area contributed by atoms with Crippen molar-refractivity contribution in [1.29, 1.82) is 0 Å². The summed E-state index contributed by atoms with van der Waals surface area (Å²) in [6.45, 7) is 3.70. The fourth-order valence-electron chi connectivity index (χ4n) is 4.07. The van der Waals surface area contributed by atoms with Gasteiger partial charge in [0.1, 0.15) is 12.1 Å². The molecule has 1 saturated carbocycles. The quantitative estimate of drug-likeness (QED) is 0.756. The van der Waals surface area contributed by atoms with Gasteiger partial charge in [-0.1, -0.05) is 50.4 Å². The minimum Gasteiger partial charge on any atom is -0.352 e. The lowest BCUT2D eigenvalue weighted by molar-refractivity contribution is -0.135. The maximum absolute atomic E-state index is 13.1. The Hall–Kier alpha value is -2.08. The van der Waals surface area contributed by atoms with Crippen LogP contribution in [0.15, 0.2) is 24.3 Å². The Morgan fingerprint density at radius 3 is 2.56 bits per heavy atom. The van der Waals surface area contributed by atoms with Gasteiger partial charge in [0.15, 0.2) is 0 Å². The fraction of sp³-hybridized carbons (Fsp3) is 0.550. The zero-order chi connectivity index (χ0) is 19.6. The highest BCUT2D eigenvalue weighted by molar-refractivity contribution is 6.30. The average Bonchev–Trinajstić information content (AvgIpc) is 2.89. The number of halogens is 1. The summed E-state index contributed by atoms with van der Waals surface area (Å²) < 4.78 is 0. The third kappa shape index (κ3) is 3.81. The number of hydrogen-bond acceptors (Lipinski definition) is 3. The van der Waals surface area contributed by atoms with E-state index in [0.29, 0.717) is 22.9 Å². The number of carbonyl (C=O) groups excluding carboxylic acids is 3. The van der Waals surface area contributed by atoms with Gasteiger partial charge in [-0.25, -0.2) is 4.79 Å². The van der Waals surface area contributed by atoms with Crippen LogP contribution in [-0.4, -0.2) is 35.3 Å². The number of imide groups is 1. The molecule has 0 spiro atoms. The smallest absolute Gasteiger partial charge is 0.325 e. The Bertz CT molecular complexity index is 736. The molecule has 1 aliphatic carbocycles. The van der Waals surface area contributed by atoms with Crippen molar-refractivity contribution < 1.29 is 14.4 Å². The Morgan fingerprint density at radius 2 is 1.93 bits per heavy atom. The molecule has 146 valence electrons. The summed E-state index contributed by atoms with van der Waals surface area (Å²) in [4.78, 5) is 39.1. The van der Waals surface area contributed by atoms with E-state index in [2.05, 4.69) is 17.6 Å². The highest BCUT2D eigenvalue weighted by Gasteiger charge is 2.51. The van der Waals surface area contributed by atoms with Crippen molar-refractivity contribution in [1.82, 2.24) is 15.5 Å². The van der Waals surface area contributed by atoms with Gasteiger partial charge in [-0.05, 0) is 42.9 Å². The molecule has 6 nitrogen and oxygen atoms in total. The molecule has 0 bridgehead atoms. The molecule has 1 heterocycles. The zero-order valence-corrected chi connectivity index (χ0v) is 16.5. The first-order valence-electron chi connectivity index (χ1n) is 9.57. The van der Waals surface area contributed by atoms with Gasteiger partial charge in [-0.2, -0.15) is 0 Å². The van der Waals surface area contributed by atoms with Crippen LogP contribution in [0.3, 0.4) is 0 Å². The minimum absolute atomic E-state index is 0.110. The predicted octanol–water partition coefficient (Wildman–Crippen LogP) is 3.19. The minimum atomic E-state index is -1.15. The number of urea groups is 1. The average molecular weight is 392 g/mol. The molecule has 1 aliphatic heterocycles. The molecule has 2 aliphatic rings. The molecule has 1 aromatic carbocycles. The monoisotopic (exact) mass is 391 g/mol. The van der Waals surface area contributed by atoms with E-state index >= 15 is 0 Å². The number of hydrogen-bond donors (Lipinski definition) is 2. The standard InChI is InChI=1S/C20H26ClN3O3/c1-3-20(14-8-10-15(21)11-9-14)18(26)24(19(27)23-20)12-17(25)22-16-7-5-4-6-13(16)2/h8-11,13,16H,3-7,12H2,1-2H3,(H,22,25)(H,23,27)/t13-,16+,20+/m0/s1. The van der Waals surface area contributed by atoms with Crippen LogP contribution in [-0.2, 0) is 15.1 Å². The molecule has 1 aromatic rings. The van der Waals surface area contributed by atoms with Crippen molar-refractivity contribution in [3.8, 4) is 0 Å². The van der Waals surface area contributed by atoms with E-state index in [-0.39, 0.29) is 18.5 Å². The van der Waals surface area contributed by atoms with E-state index in [1.165, 1.54) is 6.42 Å². The Balaban J connectivity index is 1.73. The van der Waals surface area contributed by atoms with Crippen molar-refractivity contribution in [2.45, 2.75) is 57.5 Å². The highest BCUT2D eigenvalue weighted by Crippen LogP contribution is 2.33. The molecule has 4 amide bonds. The molecular formula is C20H26ClN3O3. The number of rotatable bonds is 5. The summed E-state index contributed by atoms with van der Waals surface area (Å²) in [7, 11) is 0. The Kier molecular flexibility index (Phi) is 5.75. The van der Waals surface area contributed by atoms with Gasteiger partial charge in [0, 0.05) is 11.1 Å². The molecule has 27 heavy (non-hydrogen) atoms. The summed E-state index contributed by atoms with van der Waals surface area (Å²) in [5, 5.41) is 6.34. The van der Waals surface area contributed by atoms with Gasteiger partial charge in [0.25, 0.3) is 5.91 Å². The normalized spacial score (nSPS) is 28.2. The van der Waals surface area contributed by atoms with Gasteiger partial charge in [-0.3, -0.25) is 14.5 Å². The van der Waals surface area contributed by atoms with Gasteiger partial charge in [0.05, 0.1) is 0 Å². The van der Waals surface area contributed by atoms with Crippen LogP contribution in [0.4, 0.5) is 4.79 Å². The number of nitrogens with one attached hydrogen (secondary N) is 2. The molecule has 0 aromatic heterocycles. The molecule has 2 N–H and O–H groups in total. The van der Waals surface area contributed by atoms with Gasteiger partial charge < -0.3 is 10.6 Å². The van der Waals surface area contributed by atoms with E-state index in [1.54, 1.807) is 24.3 Å². The number of carbonyl (C=O) groups is 3. The third-order valence-electron chi connectivity index (χ3n) is 5.80. The lowest BCUT2D eigenvalue weighted by atomic mass is 9.86. The van der Waals surface area contributed by atoms with Crippen molar-refractivity contribution in [3.63, 3.8) is 0 Å². The first kappa shape index (κ1) is 19.7. The van der Waals surface area contributed by atoms with Crippen molar-refractivity contribution in [2.24, 2.45) is 5.92 Å². The zero-order valence-electron chi connectivity index (χ0n) is 15.8. The summed E-state index contributed by atoms with van der Waals surface area (Å²) in [6.07, 6.45) is 4.69. The van der Waals surface area contributed by atoms with Crippen molar-refractivity contribution >= 4 is 29.4 Å². The predicted molar refractivity (Wildman–Crippen MR) is 103 cm³/mol. The number of benzene rings is 1. The molecular weight excluding hydrogens is 366 g/mol. The number of nitrogens with zero attached hydrogens (tertiary/aromatic N) is 1. The molecule has 1 saturated heterocycles. The SMILES string of the molecule is CC[C@]1(c2ccc(Cl)cc2)NC(=O)N(CC(=O)N[C@@H]2CCCC[C@@H]2C)C1=O. The van der Waals surface area contributed by atoms with Crippen molar-refractivity contribution in [3.05, 3.63) is 34.9 Å². The van der Waals surface area contributed by atoms with Crippen LogP contribution in [0.5, 0.6) is 0 Å². The number of amides is 4. The Morgan fingerprint density at radius 1 is 1.26 bits per heavy atom.